The molecule has 29 heavy (non-hydrogen) atoms. The molecule has 3 aromatic rings. The topological polar surface area (TPSA) is 90.5 Å². The highest BCUT2D eigenvalue weighted by Gasteiger charge is 2.63. The second kappa shape index (κ2) is 5.87. The number of H-pyrrole nitrogens is 1. The minimum atomic E-state index is -1.86. The molecule has 2 aromatic carbocycles. The number of anilines is 1. The Morgan fingerprint density at radius 2 is 1.69 bits per heavy atom. The highest BCUT2D eigenvalue weighted by atomic mass is 16.3. The number of aliphatic hydroxyl groups is 1. The number of nitrogens with zero attached hydrogens (tertiary/aromatic N) is 1. The van der Waals surface area contributed by atoms with Crippen molar-refractivity contribution >= 4 is 34.2 Å². The maximum absolute atomic E-state index is 13.5. The molecule has 5 rings (SSSR count). The Hall–Kier alpha value is -3.25. The van der Waals surface area contributed by atoms with Gasteiger partial charge in [0.1, 0.15) is 0 Å². The van der Waals surface area contributed by atoms with Crippen LogP contribution in [0.5, 0.6) is 0 Å². The monoisotopic (exact) mass is 388 g/mol. The molecular formula is C23H20N2O4. The predicted molar refractivity (Wildman–Crippen MR) is 107 cm³/mol. The Morgan fingerprint density at radius 1 is 1.03 bits per heavy atom. The van der Waals surface area contributed by atoms with Crippen LogP contribution in [0.15, 0.2) is 54.6 Å². The predicted octanol–water partition coefficient (Wildman–Crippen LogP) is 2.87. The number of hydrogen-bond donors (Lipinski definition) is 2. The van der Waals surface area contributed by atoms with Gasteiger partial charge in [-0.05, 0) is 30.7 Å². The van der Waals surface area contributed by atoms with Crippen LogP contribution in [0, 0.1) is 11.8 Å². The van der Waals surface area contributed by atoms with Crippen molar-refractivity contribution in [1.29, 1.82) is 0 Å². The van der Waals surface area contributed by atoms with Crippen molar-refractivity contribution in [2.45, 2.75) is 25.4 Å². The highest BCUT2D eigenvalue weighted by Crippen LogP contribution is 2.55. The normalized spacial score (nSPS) is 28.5. The van der Waals surface area contributed by atoms with E-state index in [1.54, 1.807) is 31.2 Å². The minimum absolute atomic E-state index is 0.324. The average Bonchev–Trinajstić information content (AvgIpc) is 3.22. The van der Waals surface area contributed by atoms with Crippen LogP contribution in [0.3, 0.4) is 0 Å². The van der Waals surface area contributed by atoms with Gasteiger partial charge in [0.15, 0.2) is 11.4 Å². The molecule has 0 saturated carbocycles. The zero-order valence-corrected chi connectivity index (χ0v) is 16.0. The van der Waals surface area contributed by atoms with Gasteiger partial charge < -0.3 is 10.1 Å². The van der Waals surface area contributed by atoms with Crippen molar-refractivity contribution < 1.29 is 19.5 Å². The maximum Gasteiger partial charge on any atom is 0.242 e. The molecule has 2 N–H and O–H groups in total. The number of hydrogen-bond acceptors (Lipinski definition) is 4. The summed E-state index contributed by atoms with van der Waals surface area (Å²) < 4.78 is 0. The Bertz CT molecular complexity index is 1180. The van der Waals surface area contributed by atoms with E-state index < -0.39 is 29.1 Å². The van der Waals surface area contributed by atoms with Crippen LogP contribution in [0.25, 0.3) is 10.9 Å². The van der Waals surface area contributed by atoms with E-state index in [-0.39, 0.29) is 11.8 Å². The van der Waals surface area contributed by atoms with Crippen molar-refractivity contribution in [3.8, 4) is 0 Å². The number of fused-ring (bicyclic) bond motifs is 5. The summed E-state index contributed by atoms with van der Waals surface area (Å²) in [7, 11) is 0. The number of benzene rings is 2. The SMILES string of the molecule is CC(=O)C1(O)c2[nH]c3ccccc3c2[C@@H]2C(=O)N(c3ccccc3)C(=O)[C@@H]2[C@@H]1C. The van der Waals surface area contributed by atoms with Crippen LogP contribution < -0.4 is 4.90 Å². The fourth-order valence-electron chi connectivity index (χ4n) is 5.10. The fraction of sp³-hybridized carbons (Fsp3) is 0.261. The van der Waals surface area contributed by atoms with Gasteiger partial charge in [0, 0.05) is 16.8 Å². The van der Waals surface area contributed by atoms with Crippen LogP contribution in [0.4, 0.5) is 5.69 Å². The quantitative estimate of drug-likeness (QED) is 0.661. The van der Waals surface area contributed by atoms with Crippen LogP contribution in [-0.4, -0.2) is 27.7 Å². The van der Waals surface area contributed by atoms with Gasteiger partial charge >= 0.3 is 0 Å². The molecule has 2 aliphatic rings. The van der Waals surface area contributed by atoms with Gasteiger partial charge in [-0.2, -0.15) is 0 Å². The summed E-state index contributed by atoms with van der Waals surface area (Å²) in [5, 5.41) is 12.3. The Labute approximate surface area is 167 Å². The third-order valence-electron chi connectivity index (χ3n) is 6.54. The first-order chi connectivity index (χ1) is 13.9. The lowest BCUT2D eigenvalue weighted by Crippen LogP contribution is -2.50. The summed E-state index contributed by atoms with van der Waals surface area (Å²) in [5.74, 6) is -3.47. The summed E-state index contributed by atoms with van der Waals surface area (Å²) in [5.41, 5.74) is 0.243. The lowest BCUT2D eigenvalue weighted by atomic mass is 9.63. The van der Waals surface area contributed by atoms with Gasteiger partial charge in [-0.3, -0.25) is 14.4 Å². The van der Waals surface area contributed by atoms with Crippen LogP contribution >= 0.6 is 0 Å². The molecule has 6 heteroatoms. The number of imide groups is 1. The molecule has 1 fully saturated rings. The molecule has 0 radical (unpaired) electrons. The molecule has 2 amide bonds. The van der Waals surface area contributed by atoms with E-state index in [9.17, 15) is 19.5 Å². The average molecular weight is 388 g/mol. The van der Waals surface area contributed by atoms with E-state index in [4.69, 9.17) is 0 Å². The summed E-state index contributed by atoms with van der Waals surface area (Å²) in [6.07, 6.45) is 0. The molecule has 0 spiro atoms. The number of para-hydroxylation sites is 2. The van der Waals surface area contributed by atoms with Crippen molar-refractivity contribution in [3.05, 3.63) is 65.9 Å². The van der Waals surface area contributed by atoms with Gasteiger partial charge in [-0.15, -0.1) is 0 Å². The Balaban J connectivity index is 1.80. The van der Waals surface area contributed by atoms with E-state index in [2.05, 4.69) is 4.98 Å². The summed E-state index contributed by atoms with van der Waals surface area (Å²) in [6.45, 7) is 3.00. The molecular weight excluding hydrogens is 368 g/mol. The number of aromatic nitrogens is 1. The maximum atomic E-state index is 13.5. The van der Waals surface area contributed by atoms with Crippen LogP contribution in [-0.2, 0) is 20.0 Å². The van der Waals surface area contributed by atoms with E-state index in [0.717, 1.165) is 10.9 Å². The zero-order chi connectivity index (χ0) is 20.5. The first-order valence-corrected chi connectivity index (χ1v) is 9.64. The number of carbonyl (C=O) groups is 3. The molecule has 4 atom stereocenters. The van der Waals surface area contributed by atoms with E-state index >= 15 is 0 Å². The lowest BCUT2D eigenvalue weighted by molar-refractivity contribution is -0.150. The molecule has 1 saturated heterocycles. The Kier molecular flexibility index (Phi) is 3.61. The van der Waals surface area contributed by atoms with Crippen LogP contribution in [0.2, 0.25) is 0 Å². The highest BCUT2D eigenvalue weighted by molar-refractivity contribution is 6.25. The standard InChI is InChI=1S/C23H20N2O4/c1-12-17-19(22(28)25(21(17)27)14-8-4-3-5-9-14)18-15-10-6-7-11-16(15)24-20(18)23(12,29)13(2)26/h3-12,17,19,24,29H,1-2H3/t12-,17+,19+,23?/m0/s1. The van der Waals surface area contributed by atoms with Gasteiger partial charge in [-0.25, -0.2) is 4.90 Å². The number of nitrogens with one attached hydrogen (secondary N) is 1. The number of Topliss-reactive ketones (excluding diaryl/α,β-unsaturated/α-hetero) is 1. The minimum Gasteiger partial charge on any atom is -0.375 e. The van der Waals surface area contributed by atoms with Gasteiger partial charge in [-0.1, -0.05) is 43.3 Å². The van der Waals surface area contributed by atoms with Crippen LogP contribution in [0.1, 0.15) is 31.0 Å². The molecule has 1 aliphatic carbocycles. The molecule has 2 heterocycles. The van der Waals surface area contributed by atoms with Gasteiger partial charge in [0.05, 0.1) is 23.2 Å². The summed E-state index contributed by atoms with van der Waals surface area (Å²) >= 11 is 0. The smallest absolute Gasteiger partial charge is 0.242 e. The first-order valence-electron chi connectivity index (χ1n) is 9.64. The lowest BCUT2D eigenvalue weighted by Gasteiger charge is -2.40. The molecule has 1 unspecified atom stereocenters. The number of aromatic amines is 1. The summed E-state index contributed by atoms with van der Waals surface area (Å²) in [6, 6.07) is 16.1. The van der Waals surface area contributed by atoms with Crippen molar-refractivity contribution in [2.24, 2.45) is 11.8 Å². The third kappa shape index (κ3) is 2.12. The second-order valence-electron chi connectivity index (χ2n) is 7.92. The number of amides is 2. The number of ketones is 1. The molecule has 146 valence electrons. The van der Waals surface area contributed by atoms with Crippen molar-refractivity contribution in [3.63, 3.8) is 0 Å². The number of carbonyl (C=O) groups excluding carboxylic acids is 3. The fourth-order valence-corrected chi connectivity index (χ4v) is 5.10. The van der Waals surface area contributed by atoms with E-state index in [1.165, 1.54) is 11.8 Å². The summed E-state index contributed by atoms with van der Waals surface area (Å²) in [4.78, 5) is 43.9. The molecule has 1 aliphatic heterocycles. The zero-order valence-electron chi connectivity index (χ0n) is 16.0. The second-order valence-corrected chi connectivity index (χ2v) is 7.92. The molecule has 0 bridgehead atoms. The van der Waals surface area contributed by atoms with Gasteiger partial charge in [0.2, 0.25) is 11.8 Å². The third-order valence-corrected chi connectivity index (χ3v) is 6.54. The van der Waals surface area contributed by atoms with E-state index in [0.29, 0.717) is 16.9 Å². The van der Waals surface area contributed by atoms with Crippen molar-refractivity contribution in [2.75, 3.05) is 4.90 Å². The Morgan fingerprint density at radius 3 is 2.38 bits per heavy atom. The van der Waals surface area contributed by atoms with Gasteiger partial charge in [0.25, 0.3) is 0 Å². The number of rotatable bonds is 2. The largest absolute Gasteiger partial charge is 0.375 e. The van der Waals surface area contributed by atoms with Crippen molar-refractivity contribution in [1.82, 2.24) is 4.98 Å². The molecule has 1 aromatic heterocycles. The molecule has 6 nitrogen and oxygen atoms in total. The van der Waals surface area contributed by atoms with E-state index in [1.807, 2.05) is 30.3 Å². The first kappa shape index (κ1) is 17.8.